The molecule has 3 N–H and O–H groups in total. The molecule has 1 heterocycles. The second kappa shape index (κ2) is 6.26. The second-order valence-corrected chi connectivity index (χ2v) is 6.51. The first kappa shape index (κ1) is 15.5. The Morgan fingerprint density at radius 3 is 2.76 bits per heavy atom. The standard InChI is InChI=1S/C14H17NO5S/c1-7-2-3-10-8(4-7)5-11(21-10)13(18)15-9(14(19)20)6-12(16)17/h5,7,9H,2-4,6H2,1H3,(H,15,18)(H,16,17)(H,19,20)/t7?,9-/m0/s1. The first-order valence-electron chi connectivity index (χ1n) is 6.74. The van der Waals surface area contributed by atoms with Crippen LogP contribution in [0.2, 0.25) is 0 Å². The van der Waals surface area contributed by atoms with Crippen molar-refractivity contribution in [2.24, 2.45) is 5.92 Å². The van der Waals surface area contributed by atoms with E-state index >= 15 is 0 Å². The van der Waals surface area contributed by atoms with Crippen LogP contribution in [-0.2, 0) is 22.4 Å². The maximum Gasteiger partial charge on any atom is 0.326 e. The maximum absolute atomic E-state index is 12.1. The highest BCUT2D eigenvalue weighted by Gasteiger charge is 2.26. The van der Waals surface area contributed by atoms with Crippen molar-refractivity contribution >= 4 is 29.2 Å². The molecule has 0 bridgehead atoms. The minimum absolute atomic E-state index is 0.450. The second-order valence-electron chi connectivity index (χ2n) is 5.37. The van der Waals surface area contributed by atoms with E-state index in [-0.39, 0.29) is 0 Å². The fourth-order valence-electron chi connectivity index (χ4n) is 2.42. The molecule has 1 aliphatic rings. The van der Waals surface area contributed by atoms with Gasteiger partial charge in [0.2, 0.25) is 0 Å². The van der Waals surface area contributed by atoms with Gasteiger partial charge in [-0.05, 0) is 36.8 Å². The molecule has 0 spiro atoms. The number of thiophene rings is 1. The molecule has 21 heavy (non-hydrogen) atoms. The van der Waals surface area contributed by atoms with Crippen LogP contribution in [0.3, 0.4) is 0 Å². The van der Waals surface area contributed by atoms with Crippen molar-refractivity contribution in [3.05, 3.63) is 21.4 Å². The third-order valence-corrected chi connectivity index (χ3v) is 4.77. The molecule has 0 saturated carbocycles. The maximum atomic E-state index is 12.1. The summed E-state index contributed by atoms with van der Waals surface area (Å²) in [7, 11) is 0. The fourth-order valence-corrected chi connectivity index (χ4v) is 3.53. The van der Waals surface area contributed by atoms with Crippen molar-refractivity contribution in [2.75, 3.05) is 0 Å². The van der Waals surface area contributed by atoms with Crippen LogP contribution in [0.1, 0.15) is 39.9 Å². The van der Waals surface area contributed by atoms with Gasteiger partial charge in [-0.15, -0.1) is 11.3 Å². The molecule has 2 rings (SSSR count). The Morgan fingerprint density at radius 1 is 1.43 bits per heavy atom. The number of nitrogens with one attached hydrogen (secondary N) is 1. The average Bonchev–Trinajstić information content (AvgIpc) is 2.80. The minimum atomic E-state index is -1.41. The summed E-state index contributed by atoms with van der Waals surface area (Å²) in [5, 5.41) is 19.9. The normalized spacial score (nSPS) is 18.6. The molecule has 0 fully saturated rings. The quantitative estimate of drug-likeness (QED) is 0.765. The molecule has 114 valence electrons. The predicted molar refractivity (Wildman–Crippen MR) is 76.7 cm³/mol. The van der Waals surface area contributed by atoms with Crippen LogP contribution in [0, 0.1) is 5.92 Å². The topological polar surface area (TPSA) is 104 Å². The Labute approximate surface area is 125 Å². The molecular formula is C14H17NO5S. The van der Waals surface area contributed by atoms with Crippen molar-refractivity contribution in [3.8, 4) is 0 Å². The summed E-state index contributed by atoms with van der Waals surface area (Å²) in [6, 6.07) is 0.387. The monoisotopic (exact) mass is 311 g/mol. The number of fused-ring (bicyclic) bond motifs is 1. The lowest BCUT2D eigenvalue weighted by Gasteiger charge is -2.16. The van der Waals surface area contributed by atoms with E-state index in [9.17, 15) is 14.4 Å². The number of hydrogen-bond donors (Lipinski definition) is 3. The number of amides is 1. The highest BCUT2D eigenvalue weighted by Crippen LogP contribution is 2.32. The van der Waals surface area contributed by atoms with Crippen molar-refractivity contribution in [3.63, 3.8) is 0 Å². The first-order chi connectivity index (χ1) is 9.86. The van der Waals surface area contributed by atoms with Gasteiger partial charge in [0, 0.05) is 4.88 Å². The zero-order valence-corrected chi connectivity index (χ0v) is 12.4. The molecule has 7 heteroatoms. The molecule has 0 aromatic carbocycles. The van der Waals surface area contributed by atoms with Crippen LogP contribution in [0.5, 0.6) is 0 Å². The lowest BCUT2D eigenvalue weighted by atomic mass is 9.90. The van der Waals surface area contributed by atoms with Crippen LogP contribution in [0.25, 0.3) is 0 Å². The minimum Gasteiger partial charge on any atom is -0.481 e. The highest BCUT2D eigenvalue weighted by atomic mass is 32.1. The van der Waals surface area contributed by atoms with Gasteiger partial charge in [0.15, 0.2) is 0 Å². The molecule has 1 unspecified atom stereocenters. The molecular weight excluding hydrogens is 294 g/mol. The van der Waals surface area contributed by atoms with Crippen molar-refractivity contribution in [1.29, 1.82) is 0 Å². The van der Waals surface area contributed by atoms with Gasteiger partial charge in [-0.1, -0.05) is 6.92 Å². The van der Waals surface area contributed by atoms with Crippen LogP contribution in [0.4, 0.5) is 0 Å². The number of carboxylic acids is 2. The lowest BCUT2D eigenvalue weighted by molar-refractivity contribution is -0.145. The summed E-state index contributed by atoms with van der Waals surface area (Å²) < 4.78 is 0. The van der Waals surface area contributed by atoms with Gasteiger partial charge < -0.3 is 15.5 Å². The van der Waals surface area contributed by atoms with E-state index in [0.717, 1.165) is 24.8 Å². The first-order valence-corrected chi connectivity index (χ1v) is 7.55. The van der Waals surface area contributed by atoms with Crippen LogP contribution < -0.4 is 5.32 Å². The van der Waals surface area contributed by atoms with Crippen molar-refractivity contribution in [2.45, 2.75) is 38.6 Å². The Bertz CT molecular complexity index is 580. The summed E-state index contributed by atoms with van der Waals surface area (Å²) in [6.07, 6.45) is 2.32. The van der Waals surface area contributed by atoms with E-state index in [4.69, 9.17) is 10.2 Å². The highest BCUT2D eigenvalue weighted by molar-refractivity contribution is 7.14. The Balaban J connectivity index is 2.09. The molecule has 0 radical (unpaired) electrons. The smallest absolute Gasteiger partial charge is 0.326 e. The lowest BCUT2D eigenvalue weighted by Crippen LogP contribution is -2.41. The van der Waals surface area contributed by atoms with E-state index in [1.807, 2.05) is 0 Å². The van der Waals surface area contributed by atoms with E-state index in [1.54, 1.807) is 6.07 Å². The Hall–Kier alpha value is -1.89. The van der Waals surface area contributed by atoms with Crippen LogP contribution in [0.15, 0.2) is 6.07 Å². The number of hydrogen-bond acceptors (Lipinski definition) is 4. The Morgan fingerprint density at radius 2 is 2.14 bits per heavy atom. The summed E-state index contributed by atoms with van der Waals surface area (Å²) in [5.41, 5.74) is 1.15. The number of carbonyl (C=O) groups is 3. The Kier molecular flexibility index (Phi) is 4.62. The summed E-state index contributed by atoms with van der Waals surface area (Å²) in [4.78, 5) is 35.3. The van der Waals surface area contributed by atoms with Crippen molar-refractivity contribution < 1.29 is 24.6 Å². The van der Waals surface area contributed by atoms with Gasteiger partial charge in [-0.25, -0.2) is 4.79 Å². The average molecular weight is 311 g/mol. The van der Waals surface area contributed by atoms with Gasteiger partial charge in [0.25, 0.3) is 5.91 Å². The van der Waals surface area contributed by atoms with E-state index in [1.165, 1.54) is 16.2 Å². The zero-order valence-electron chi connectivity index (χ0n) is 11.6. The van der Waals surface area contributed by atoms with E-state index in [0.29, 0.717) is 10.8 Å². The van der Waals surface area contributed by atoms with Crippen LogP contribution in [-0.4, -0.2) is 34.1 Å². The van der Waals surface area contributed by atoms with Gasteiger partial charge >= 0.3 is 11.9 Å². The van der Waals surface area contributed by atoms with Gasteiger partial charge in [-0.2, -0.15) is 0 Å². The number of carbonyl (C=O) groups excluding carboxylic acids is 1. The van der Waals surface area contributed by atoms with Crippen molar-refractivity contribution in [1.82, 2.24) is 5.32 Å². The number of aliphatic carboxylic acids is 2. The molecule has 2 atom stereocenters. The SMILES string of the molecule is CC1CCc2sc(C(=O)N[C@@H](CC(=O)O)C(=O)O)cc2C1. The number of aryl methyl sites for hydroxylation is 1. The molecule has 0 saturated heterocycles. The van der Waals surface area contributed by atoms with E-state index < -0.39 is 30.3 Å². The van der Waals surface area contributed by atoms with Gasteiger partial charge in [-0.3, -0.25) is 9.59 Å². The van der Waals surface area contributed by atoms with Gasteiger partial charge in [0.05, 0.1) is 11.3 Å². The van der Waals surface area contributed by atoms with Gasteiger partial charge in [0.1, 0.15) is 6.04 Å². The third kappa shape index (κ3) is 3.81. The molecule has 1 amide bonds. The summed E-state index contributed by atoms with van der Waals surface area (Å²) >= 11 is 1.37. The summed E-state index contributed by atoms with van der Waals surface area (Å²) in [6.45, 7) is 2.16. The third-order valence-electron chi connectivity index (χ3n) is 3.54. The summed E-state index contributed by atoms with van der Waals surface area (Å²) in [5.74, 6) is -2.54. The van der Waals surface area contributed by atoms with Crippen LogP contribution >= 0.6 is 11.3 Å². The number of carboxylic acid groups (broad SMARTS) is 2. The number of rotatable bonds is 5. The largest absolute Gasteiger partial charge is 0.481 e. The molecule has 1 aliphatic carbocycles. The molecule has 0 aliphatic heterocycles. The van der Waals surface area contributed by atoms with E-state index in [2.05, 4.69) is 12.2 Å². The zero-order chi connectivity index (χ0) is 15.6. The fraction of sp³-hybridized carbons (Fsp3) is 0.500. The predicted octanol–water partition coefficient (Wildman–Crippen LogP) is 1.53. The molecule has 1 aromatic heterocycles. The molecule has 1 aromatic rings. The molecule has 6 nitrogen and oxygen atoms in total.